The molecule has 0 rings (SSSR count). The van der Waals surface area contributed by atoms with Crippen LogP contribution >= 0.6 is 0 Å². The molecule has 84 valence electrons. The average molecular weight is 204 g/mol. The fourth-order valence-corrected chi connectivity index (χ4v) is 0.864. The van der Waals surface area contributed by atoms with E-state index < -0.39 is 0 Å². The predicted molar refractivity (Wildman–Crippen MR) is 54.4 cm³/mol. The molecule has 0 aliphatic carbocycles. The maximum atomic E-state index is 10.7. The van der Waals surface area contributed by atoms with Crippen molar-refractivity contribution in [2.24, 2.45) is 0 Å². The minimum absolute atomic E-state index is 0.134. The Morgan fingerprint density at radius 3 is 2.64 bits per heavy atom. The van der Waals surface area contributed by atoms with E-state index in [1.54, 1.807) is 14.2 Å². The maximum Gasteiger partial charge on any atom is 0.314 e. The van der Waals surface area contributed by atoms with E-state index in [0.29, 0.717) is 19.8 Å². The zero-order valence-corrected chi connectivity index (χ0v) is 8.97. The van der Waals surface area contributed by atoms with Gasteiger partial charge in [-0.05, 0) is 12.8 Å². The normalized spacial score (nSPS) is 9.86. The number of amides is 2. The highest BCUT2D eigenvalue weighted by molar-refractivity contribution is 5.73. The fourth-order valence-electron chi connectivity index (χ4n) is 0.864. The van der Waals surface area contributed by atoms with Crippen LogP contribution < -0.4 is 10.6 Å². The molecule has 0 saturated carbocycles. The molecule has 0 aromatic rings. The molecule has 0 radical (unpaired) electrons. The molecule has 0 saturated heterocycles. The van der Waals surface area contributed by atoms with Crippen LogP contribution in [0, 0.1) is 0 Å². The highest BCUT2D eigenvalue weighted by atomic mass is 16.5. The number of hydrogen-bond acceptors (Lipinski definition) is 3. The quantitative estimate of drug-likeness (QED) is 0.561. The van der Waals surface area contributed by atoms with Gasteiger partial charge in [-0.3, -0.25) is 0 Å². The van der Waals surface area contributed by atoms with Gasteiger partial charge in [0.2, 0.25) is 0 Å². The number of ether oxygens (including phenoxy) is 2. The SMILES string of the molecule is CNC(=O)NCCCCOCCOC. The number of carbonyl (C=O) groups is 1. The van der Waals surface area contributed by atoms with Crippen molar-refractivity contribution >= 4 is 6.03 Å². The first-order valence-corrected chi connectivity index (χ1v) is 4.83. The van der Waals surface area contributed by atoms with Crippen molar-refractivity contribution < 1.29 is 14.3 Å². The largest absolute Gasteiger partial charge is 0.382 e. The third-order valence-corrected chi connectivity index (χ3v) is 1.66. The minimum atomic E-state index is -0.134. The Morgan fingerprint density at radius 1 is 1.21 bits per heavy atom. The number of urea groups is 1. The summed E-state index contributed by atoms with van der Waals surface area (Å²) in [5, 5.41) is 5.19. The van der Waals surface area contributed by atoms with Gasteiger partial charge in [0.1, 0.15) is 0 Å². The van der Waals surface area contributed by atoms with E-state index in [2.05, 4.69) is 10.6 Å². The Bertz CT molecular complexity index is 142. The van der Waals surface area contributed by atoms with E-state index in [1.165, 1.54) is 0 Å². The van der Waals surface area contributed by atoms with Gasteiger partial charge in [0.15, 0.2) is 0 Å². The standard InChI is InChI=1S/C9H20N2O3/c1-10-9(12)11-5-3-4-6-14-8-7-13-2/h3-8H2,1-2H3,(H2,10,11,12). The third kappa shape index (κ3) is 9.28. The van der Waals surface area contributed by atoms with Crippen LogP contribution in [-0.4, -0.2) is 46.6 Å². The average Bonchev–Trinajstić information content (AvgIpc) is 2.21. The van der Waals surface area contributed by atoms with Crippen molar-refractivity contribution in [3.8, 4) is 0 Å². The molecular weight excluding hydrogens is 184 g/mol. The molecule has 0 aliphatic heterocycles. The predicted octanol–water partition coefficient (Wildman–Crippen LogP) is 0.359. The van der Waals surface area contributed by atoms with E-state index in [-0.39, 0.29) is 6.03 Å². The first-order valence-electron chi connectivity index (χ1n) is 4.83. The van der Waals surface area contributed by atoms with E-state index in [0.717, 1.165) is 19.4 Å². The Morgan fingerprint density at radius 2 is 2.00 bits per heavy atom. The summed E-state index contributed by atoms with van der Waals surface area (Å²) < 4.78 is 10.1. The monoisotopic (exact) mass is 204 g/mol. The second kappa shape index (κ2) is 10.3. The fraction of sp³-hybridized carbons (Fsp3) is 0.889. The van der Waals surface area contributed by atoms with Crippen molar-refractivity contribution in [1.82, 2.24) is 10.6 Å². The molecule has 0 aromatic heterocycles. The molecule has 0 heterocycles. The molecule has 0 bridgehead atoms. The van der Waals surface area contributed by atoms with Crippen molar-refractivity contribution in [2.75, 3.05) is 40.5 Å². The van der Waals surface area contributed by atoms with E-state index in [1.807, 2.05) is 0 Å². The molecule has 0 unspecified atom stereocenters. The molecule has 0 aromatic carbocycles. The molecule has 0 atom stereocenters. The topological polar surface area (TPSA) is 59.6 Å². The van der Waals surface area contributed by atoms with Crippen LogP contribution in [0.2, 0.25) is 0 Å². The van der Waals surface area contributed by atoms with Crippen LogP contribution in [0.1, 0.15) is 12.8 Å². The summed E-state index contributed by atoms with van der Waals surface area (Å²) in [5.74, 6) is 0. The van der Waals surface area contributed by atoms with Crippen molar-refractivity contribution in [1.29, 1.82) is 0 Å². The van der Waals surface area contributed by atoms with Crippen LogP contribution in [0.5, 0.6) is 0 Å². The van der Waals surface area contributed by atoms with Crippen molar-refractivity contribution in [2.45, 2.75) is 12.8 Å². The lowest BCUT2D eigenvalue weighted by molar-refractivity contribution is 0.0688. The van der Waals surface area contributed by atoms with Gasteiger partial charge in [0.05, 0.1) is 13.2 Å². The highest BCUT2D eigenvalue weighted by Crippen LogP contribution is 1.88. The van der Waals surface area contributed by atoms with Crippen molar-refractivity contribution in [3.05, 3.63) is 0 Å². The van der Waals surface area contributed by atoms with Gasteiger partial charge in [-0.25, -0.2) is 4.79 Å². The van der Waals surface area contributed by atoms with Crippen LogP contribution in [0.4, 0.5) is 4.79 Å². The smallest absolute Gasteiger partial charge is 0.314 e. The zero-order valence-electron chi connectivity index (χ0n) is 8.97. The lowest BCUT2D eigenvalue weighted by atomic mass is 10.3. The maximum absolute atomic E-state index is 10.7. The molecule has 0 fully saturated rings. The van der Waals surface area contributed by atoms with Gasteiger partial charge in [0, 0.05) is 27.3 Å². The first-order chi connectivity index (χ1) is 6.81. The first kappa shape index (κ1) is 13.2. The summed E-state index contributed by atoms with van der Waals surface area (Å²) >= 11 is 0. The summed E-state index contributed by atoms with van der Waals surface area (Å²) in [5.41, 5.74) is 0. The molecule has 2 amide bonds. The van der Waals surface area contributed by atoms with E-state index >= 15 is 0 Å². The lowest BCUT2D eigenvalue weighted by Crippen LogP contribution is -2.33. The van der Waals surface area contributed by atoms with Crippen molar-refractivity contribution in [3.63, 3.8) is 0 Å². The van der Waals surface area contributed by atoms with Gasteiger partial charge in [-0.15, -0.1) is 0 Å². The van der Waals surface area contributed by atoms with Gasteiger partial charge in [0.25, 0.3) is 0 Å². The van der Waals surface area contributed by atoms with Gasteiger partial charge in [-0.2, -0.15) is 0 Å². The Labute approximate surface area is 85.1 Å². The molecule has 0 spiro atoms. The lowest BCUT2D eigenvalue weighted by Gasteiger charge is -2.04. The summed E-state index contributed by atoms with van der Waals surface area (Å²) in [6.07, 6.45) is 1.88. The highest BCUT2D eigenvalue weighted by Gasteiger charge is 1.94. The van der Waals surface area contributed by atoms with Crippen LogP contribution in [-0.2, 0) is 9.47 Å². The molecule has 2 N–H and O–H groups in total. The molecule has 0 aliphatic rings. The molecular formula is C9H20N2O3. The minimum Gasteiger partial charge on any atom is -0.382 e. The number of rotatable bonds is 8. The molecule has 5 heteroatoms. The van der Waals surface area contributed by atoms with Gasteiger partial charge >= 0.3 is 6.03 Å². The number of hydrogen-bond donors (Lipinski definition) is 2. The Kier molecular flexibility index (Phi) is 9.68. The number of nitrogens with one attached hydrogen (secondary N) is 2. The van der Waals surface area contributed by atoms with Crippen LogP contribution in [0.25, 0.3) is 0 Å². The number of methoxy groups -OCH3 is 1. The molecule has 14 heavy (non-hydrogen) atoms. The Hall–Kier alpha value is -0.810. The van der Waals surface area contributed by atoms with Gasteiger partial charge < -0.3 is 20.1 Å². The molecule has 5 nitrogen and oxygen atoms in total. The van der Waals surface area contributed by atoms with E-state index in [4.69, 9.17) is 9.47 Å². The summed E-state index contributed by atoms with van der Waals surface area (Å²) in [6, 6.07) is -0.134. The van der Waals surface area contributed by atoms with Gasteiger partial charge in [-0.1, -0.05) is 0 Å². The summed E-state index contributed by atoms with van der Waals surface area (Å²) in [7, 11) is 3.25. The Balaban J connectivity index is 2.95. The number of unbranched alkanes of at least 4 members (excludes halogenated alkanes) is 1. The van der Waals surface area contributed by atoms with Crippen LogP contribution in [0.3, 0.4) is 0 Å². The second-order valence-electron chi connectivity index (χ2n) is 2.82. The summed E-state index contributed by atoms with van der Waals surface area (Å²) in [4.78, 5) is 10.7. The zero-order chi connectivity index (χ0) is 10.6. The van der Waals surface area contributed by atoms with Crippen LogP contribution in [0.15, 0.2) is 0 Å². The second-order valence-corrected chi connectivity index (χ2v) is 2.82. The number of carbonyl (C=O) groups excluding carboxylic acids is 1. The van der Waals surface area contributed by atoms with E-state index in [9.17, 15) is 4.79 Å². The third-order valence-electron chi connectivity index (χ3n) is 1.66. The summed E-state index contributed by atoms with van der Waals surface area (Å²) in [6.45, 7) is 2.68.